The van der Waals surface area contributed by atoms with Crippen LogP contribution in [0.15, 0.2) is 42.5 Å². The molecule has 0 bridgehead atoms. The van der Waals surface area contributed by atoms with E-state index in [1.54, 1.807) is 30.3 Å². The van der Waals surface area contributed by atoms with Gasteiger partial charge >= 0.3 is 0 Å². The molecule has 0 heterocycles. The van der Waals surface area contributed by atoms with Crippen LogP contribution in [0.5, 0.6) is 0 Å². The predicted molar refractivity (Wildman–Crippen MR) is 68.3 cm³/mol. The van der Waals surface area contributed by atoms with Crippen molar-refractivity contribution in [2.75, 3.05) is 0 Å². The SMILES string of the molecule is N#Cc1ccc(-c2ccc([N+](=O)[O-])cc2Cl)cc1. The largest absolute Gasteiger partial charge is 0.270 e. The maximum absolute atomic E-state index is 10.6. The molecular formula is C13H7ClN2O2. The molecule has 0 amide bonds. The Morgan fingerprint density at radius 2 is 1.83 bits per heavy atom. The second-order valence-electron chi connectivity index (χ2n) is 3.61. The summed E-state index contributed by atoms with van der Waals surface area (Å²) >= 11 is 6.01. The van der Waals surface area contributed by atoms with E-state index >= 15 is 0 Å². The van der Waals surface area contributed by atoms with Crippen LogP contribution >= 0.6 is 11.6 Å². The number of halogens is 1. The first-order valence-corrected chi connectivity index (χ1v) is 5.44. The van der Waals surface area contributed by atoms with E-state index in [4.69, 9.17) is 16.9 Å². The highest BCUT2D eigenvalue weighted by Gasteiger charge is 2.10. The molecule has 0 aliphatic heterocycles. The summed E-state index contributed by atoms with van der Waals surface area (Å²) in [7, 11) is 0. The van der Waals surface area contributed by atoms with Gasteiger partial charge < -0.3 is 0 Å². The lowest BCUT2D eigenvalue weighted by Crippen LogP contribution is -1.88. The van der Waals surface area contributed by atoms with Crippen LogP contribution in [-0.4, -0.2) is 4.92 Å². The van der Waals surface area contributed by atoms with Gasteiger partial charge in [0.2, 0.25) is 0 Å². The Labute approximate surface area is 108 Å². The van der Waals surface area contributed by atoms with Gasteiger partial charge in [-0.25, -0.2) is 0 Å². The topological polar surface area (TPSA) is 66.9 Å². The number of benzene rings is 2. The lowest BCUT2D eigenvalue weighted by Gasteiger charge is -2.04. The Kier molecular flexibility index (Phi) is 3.26. The van der Waals surface area contributed by atoms with Crippen molar-refractivity contribution in [2.24, 2.45) is 0 Å². The van der Waals surface area contributed by atoms with Crippen LogP contribution in [-0.2, 0) is 0 Å². The van der Waals surface area contributed by atoms with Crippen molar-refractivity contribution < 1.29 is 4.92 Å². The molecule has 0 saturated carbocycles. The van der Waals surface area contributed by atoms with E-state index in [9.17, 15) is 10.1 Å². The zero-order valence-electron chi connectivity index (χ0n) is 9.13. The molecule has 5 heteroatoms. The van der Waals surface area contributed by atoms with Crippen LogP contribution in [0.4, 0.5) is 5.69 Å². The van der Waals surface area contributed by atoms with Crippen LogP contribution in [0.1, 0.15) is 5.56 Å². The van der Waals surface area contributed by atoms with Crippen LogP contribution in [0.25, 0.3) is 11.1 Å². The fourth-order valence-corrected chi connectivity index (χ4v) is 1.86. The summed E-state index contributed by atoms with van der Waals surface area (Å²) in [6.45, 7) is 0. The fraction of sp³-hybridized carbons (Fsp3) is 0. The van der Waals surface area contributed by atoms with Crippen molar-refractivity contribution in [1.82, 2.24) is 0 Å². The zero-order chi connectivity index (χ0) is 13.1. The van der Waals surface area contributed by atoms with Gasteiger partial charge in [0.1, 0.15) is 0 Å². The first kappa shape index (κ1) is 12.1. The van der Waals surface area contributed by atoms with E-state index in [1.165, 1.54) is 12.1 Å². The standard InChI is InChI=1S/C13H7ClN2O2/c14-13-7-11(16(17)18)5-6-12(13)10-3-1-9(8-15)2-4-10/h1-7H. The minimum absolute atomic E-state index is 0.0441. The lowest BCUT2D eigenvalue weighted by atomic mass is 10.0. The van der Waals surface area contributed by atoms with Gasteiger partial charge in [-0.05, 0) is 23.8 Å². The molecule has 0 saturated heterocycles. The number of nitro groups is 1. The van der Waals surface area contributed by atoms with E-state index in [0.717, 1.165) is 5.56 Å². The molecule has 2 rings (SSSR count). The van der Waals surface area contributed by atoms with Crippen molar-refractivity contribution in [3.05, 3.63) is 63.2 Å². The molecule has 0 aliphatic rings. The summed E-state index contributed by atoms with van der Waals surface area (Å²) in [5.74, 6) is 0. The smallest absolute Gasteiger partial charge is 0.258 e. The molecule has 0 aromatic heterocycles. The molecule has 18 heavy (non-hydrogen) atoms. The molecule has 0 fully saturated rings. The van der Waals surface area contributed by atoms with E-state index in [0.29, 0.717) is 16.1 Å². The van der Waals surface area contributed by atoms with Crippen LogP contribution in [0.2, 0.25) is 5.02 Å². The molecule has 0 spiro atoms. The molecule has 4 nitrogen and oxygen atoms in total. The van der Waals surface area contributed by atoms with Gasteiger partial charge in [0, 0.05) is 17.7 Å². The second-order valence-corrected chi connectivity index (χ2v) is 4.02. The third-order valence-corrected chi connectivity index (χ3v) is 2.80. The number of rotatable bonds is 2. The Bertz CT molecular complexity index is 645. The summed E-state index contributed by atoms with van der Waals surface area (Å²) in [5.41, 5.74) is 2.02. The Morgan fingerprint density at radius 1 is 1.17 bits per heavy atom. The number of nitro benzene ring substituents is 1. The van der Waals surface area contributed by atoms with Gasteiger partial charge in [0.15, 0.2) is 0 Å². The van der Waals surface area contributed by atoms with E-state index < -0.39 is 4.92 Å². The van der Waals surface area contributed by atoms with E-state index in [2.05, 4.69) is 0 Å². The van der Waals surface area contributed by atoms with Gasteiger partial charge in [-0.3, -0.25) is 10.1 Å². The van der Waals surface area contributed by atoms with Gasteiger partial charge in [0.25, 0.3) is 5.69 Å². The lowest BCUT2D eigenvalue weighted by molar-refractivity contribution is -0.384. The molecule has 0 unspecified atom stereocenters. The molecular weight excluding hydrogens is 252 g/mol. The summed E-state index contributed by atoms with van der Waals surface area (Å²) in [6.07, 6.45) is 0. The molecule has 88 valence electrons. The highest BCUT2D eigenvalue weighted by Crippen LogP contribution is 2.31. The predicted octanol–water partition coefficient (Wildman–Crippen LogP) is 3.79. The molecule has 0 N–H and O–H groups in total. The molecule has 2 aromatic rings. The Balaban J connectivity index is 2.45. The van der Waals surface area contributed by atoms with Crippen molar-refractivity contribution >= 4 is 17.3 Å². The number of non-ortho nitro benzene ring substituents is 1. The Hall–Kier alpha value is -2.38. The van der Waals surface area contributed by atoms with Gasteiger partial charge in [0.05, 0.1) is 21.6 Å². The molecule has 0 atom stereocenters. The third-order valence-electron chi connectivity index (χ3n) is 2.49. The highest BCUT2D eigenvalue weighted by molar-refractivity contribution is 6.33. The maximum atomic E-state index is 10.6. The average Bonchev–Trinajstić information content (AvgIpc) is 2.38. The summed E-state index contributed by atoms with van der Waals surface area (Å²) in [4.78, 5) is 10.1. The third kappa shape index (κ3) is 2.31. The average molecular weight is 259 g/mol. The summed E-state index contributed by atoms with van der Waals surface area (Å²) in [5, 5.41) is 19.6. The number of nitrogens with zero attached hydrogens (tertiary/aromatic N) is 2. The first-order valence-electron chi connectivity index (χ1n) is 5.06. The van der Waals surface area contributed by atoms with Gasteiger partial charge in [-0.1, -0.05) is 23.7 Å². The molecule has 0 radical (unpaired) electrons. The van der Waals surface area contributed by atoms with E-state index in [-0.39, 0.29) is 5.69 Å². The number of nitriles is 1. The maximum Gasteiger partial charge on any atom is 0.270 e. The number of hydrogen-bond donors (Lipinski definition) is 0. The van der Waals surface area contributed by atoms with Crippen molar-refractivity contribution in [1.29, 1.82) is 5.26 Å². The molecule has 2 aromatic carbocycles. The quantitative estimate of drug-likeness (QED) is 0.608. The van der Waals surface area contributed by atoms with Gasteiger partial charge in [-0.15, -0.1) is 0 Å². The second kappa shape index (κ2) is 4.86. The first-order chi connectivity index (χ1) is 8.61. The minimum atomic E-state index is -0.492. The van der Waals surface area contributed by atoms with Crippen LogP contribution < -0.4 is 0 Å². The fourth-order valence-electron chi connectivity index (χ4n) is 1.58. The van der Waals surface area contributed by atoms with Crippen molar-refractivity contribution in [2.45, 2.75) is 0 Å². The molecule has 0 aliphatic carbocycles. The van der Waals surface area contributed by atoms with Crippen molar-refractivity contribution in [3.63, 3.8) is 0 Å². The van der Waals surface area contributed by atoms with E-state index in [1.807, 2.05) is 6.07 Å². The Morgan fingerprint density at radius 3 is 2.33 bits per heavy atom. The monoisotopic (exact) mass is 258 g/mol. The normalized spacial score (nSPS) is 9.78. The minimum Gasteiger partial charge on any atom is -0.258 e. The zero-order valence-corrected chi connectivity index (χ0v) is 9.89. The summed E-state index contributed by atoms with van der Waals surface area (Å²) < 4.78 is 0. The highest BCUT2D eigenvalue weighted by atomic mass is 35.5. The van der Waals surface area contributed by atoms with Crippen LogP contribution in [0.3, 0.4) is 0 Å². The van der Waals surface area contributed by atoms with Crippen LogP contribution in [0, 0.1) is 21.4 Å². The van der Waals surface area contributed by atoms with Crippen molar-refractivity contribution in [3.8, 4) is 17.2 Å². The summed E-state index contributed by atoms with van der Waals surface area (Å²) in [6, 6.07) is 13.2. The number of hydrogen-bond acceptors (Lipinski definition) is 3. The van der Waals surface area contributed by atoms with Gasteiger partial charge in [-0.2, -0.15) is 5.26 Å².